The molecular formula is C34H37ClN4O6. The summed E-state index contributed by atoms with van der Waals surface area (Å²) in [6, 6.07) is 11.5. The lowest BCUT2D eigenvalue weighted by atomic mass is 9.85. The van der Waals surface area contributed by atoms with Crippen LogP contribution < -0.4 is 15.2 Å². The second-order valence-electron chi connectivity index (χ2n) is 12.2. The lowest BCUT2D eigenvalue weighted by Gasteiger charge is -2.38. The van der Waals surface area contributed by atoms with Gasteiger partial charge in [-0.1, -0.05) is 23.7 Å². The molecule has 0 amide bonds. The van der Waals surface area contributed by atoms with Gasteiger partial charge in [-0.3, -0.25) is 14.6 Å². The number of pyridine rings is 1. The maximum absolute atomic E-state index is 13.6. The third-order valence-electron chi connectivity index (χ3n) is 8.96. The van der Waals surface area contributed by atoms with Gasteiger partial charge < -0.3 is 34.1 Å². The molecule has 0 bridgehead atoms. The molecule has 6 rings (SSSR count). The van der Waals surface area contributed by atoms with Crippen molar-refractivity contribution in [2.75, 3.05) is 57.1 Å². The summed E-state index contributed by atoms with van der Waals surface area (Å²) in [6.45, 7) is 2.51. The van der Waals surface area contributed by atoms with Crippen molar-refractivity contribution in [3.63, 3.8) is 0 Å². The van der Waals surface area contributed by atoms with Gasteiger partial charge in [0.2, 0.25) is 0 Å². The summed E-state index contributed by atoms with van der Waals surface area (Å²) >= 11 is 6.41. The predicted octanol–water partition coefficient (Wildman–Crippen LogP) is 5.23. The summed E-state index contributed by atoms with van der Waals surface area (Å²) in [5.41, 5.74) is 2.48. The van der Waals surface area contributed by atoms with Crippen LogP contribution in [0.3, 0.4) is 0 Å². The summed E-state index contributed by atoms with van der Waals surface area (Å²) in [5.74, 6) is -1.42. The van der Waals surface area contributed by atoms with Gasteiger partial charge in [-0.25, -0.2) is 0 Å². The minimum atomic E-state index is -0.608. The molecule has 0 radical (unpaired) electrons. The van der Waals surface area contributed by atoms with Crippen LogP contribution in [0.2, 0.25) is 5.02 Å². The van der Waals surface area contributed by atoms with Gasteiger partial charge in [0.25, 0.3) is 0 Å². The summed E-state index contributed by atoms with van der Waals surface area (Å²) in [5, 5.41) is 22.2. The number of phenolic OH excluding ortho intramolecular Hbond substituents is 2. The van der Waals surface area contributed by atoms with Gasteiger partial charge in [0.15, 0.2) is 5.43 Å². The number of esters is 1. The molecule has 236 valence electrons. The zero-order chi connectivity index (χ0) is 31.8. The van der Waals surface area contributed by atoms with Crippen LogP contribution in [0.1, 0.15) is 30.7 Å². The van der Waals surface area contributed by atoms with E-state index in [0.717, 1.165) is 17.4 Å². The highest BCUT2D eigenvalue weighted by molar-refractivity contribution is 6.33. The molecule has 0 unspecified atom stereocenters. The number of carbonyl (C=O) groups excluding carboxylic acids is 1. The van der Waals surface area contributed by atoms with Crippen LogP contribution in [0, 0.1) is 5.92 Å². The Morgan fingerprint density at radius 2 is 1.80 bits per heavy atom. The van der Waals surface area contributed by atoms with E-state index >= 15 is 0 Å². The van der Waals surface area contributed by atoms with E-state index in [2.05, 4.69) is 20.9 Å². The molecule has 45 heavy (non-hydrogen) atoms. The lowest BCUT2D eigenvalue weighted by Crippen LogP contribution is -2.45. The Morgan fingerprint density at radius 3 is 2.53 bits per heavy atom. The fraction of sp³-hybridized carbons (Fsp3) is 0.382. The van der Waals surface area contributed by atoms with Crippen LogP contribution in [-0.2, 0) is 9.53 Å². The molecule has 2 saturated heterocycles. The first kappa shape index (κ1) is 30.7. The minimum Gasteiger partial charge on any atom is -0.507 e. The number of nitrogens with zero attached hydrogens (tertiary/aromatic N) is 4. The molecule has 2 aliphatic rings. The summed E-state index contributed by atoms with van der Waals surface area (Å²) in [7, 11) is 5.91. The van der Waals surface area contributed by atoms with E-state index in [1.54, 1.807) is 24.3 Å². The van der Waals surface area contributed by atoms with Gasteiger partial charge in [-0.05, 0) is 51.1 Å². The van der Waals surface area contributed by atoms with Gasteiger partial charge in [0, 0.05) is 62.9 Å². The number of phenols is 2. The van der Waals surface area contributed by atoms with Crippen LogP contribution in [0.4, 0.5) is 11.4 Å². The van der Waals surface area contributed by atoms with E-state index in [-0.39, 0.29) is 40.1 Å². The van der Waals surface area contributed by atoms with Gasteiger partial charge in [-0.15, -0.1) is 0 Å². The average Bonchev–Trinajstić information content (AvgIpc) is 3.02. The molecular weight excluding hydrogens is 596 g/mol. The van der Waals surface area contributed by atoms with E-state index in [0.29, 0.717) is 61.6 Å². The highest BCUT2D eigenvalue weighted by atomic mass is 35.5. The molecule has 2 aromatic heterocycles. The van der Waals surface area contributed by atoms with E-state index in [4.69, 9.17) is 20.8 Å². The average molecular weight is 633 g/mol. The van der Waals surface area contributed by atoms with Crippen molar-refractivity contribution in [3.8, 4) is 22.8 Å². The molecule has 2 aromatic carbocycles. The van der Waals surface area contributed by atoms with Crippen LogP contribution >= 0.6 is 11.6 Å². The molecule has 4 aromatic rings. The fourth-order valence-electron chi connectivity index (χ4n) is 6.45. The fourth-order valence-corrected chi connectivity index (χ4v) is 6.68. The number of aromatic nitrogens is 1. The van der Waals surface area contributed by atoms with Crippen molar-refractivity contribution >= 4 is 39.9 Å². The molecule has 0 saturated carbocycles. The molecule has 2 N–H and O–H groups in total. The van der Waals surface area contributed by atoms with Crippen molar-refractivity contribution in [3.05, 3.63) is 75.7 Å². The molecule has 2 aliphatic heterocycles. The Bertz CT molecular complexity index is 1780. The van der Waals surface area contributed by atoms with Crippen molar-refractivity contribution in [2.24, 2.45) is 5.92 Å². The summed E-state index contributed by atoms with van der Waals surface area (Å²) in [6.07, 6.45) is 4.88. The number of piperidine rings is 2. The largest absolute Gasteiger partial charge is 0.507 e. The highest BCUT2D eigenvalue weighted by Gasteiger charge is 2.38. The van der Waals surface area contributed by atoms with Crippen LogP contribution in [-0.4, -0.2) is 79.5 Å². The normalized spacial score (nSPS) is 19.5. The van der Waals surface area contributed by atoms with E-state index < -0.39 is 17.5 Å². The smallest absolute Gasteiger partial charge is 0.309 e. The number of likely N-dealkylation sites (N-methyl/N-ethyl adjacent to an activating group) is 1. The second kappa shape index (κ2) is 12.6. The molecule has 2 fully saturated rings. The van der Waals surface area contributed by atoms with E-state index in [1.807, 2.05) is 38.4 Å². The number of likely N-dealkylation sites (tertiary alicyclic amines) is 1. The van der Waals surface area contributed by atoms with Crippen molar-refractivity contribution in [1.29, 1.82) is 0 Å². The van der Waals surface area contributed by atoms with Gasteiger partial charge >= 0.3 is 5.97 Å². The Morgan fingerprint density at radius 1 is 1.04 bits per heavy atom. The molecule has 11 heteroatoms. The highest BCUT2D eigenvalue weighted by Crippen LogP contribution is 2.44. The van der Waals surface area contributed by atoms with Crippen molar-refractivity contribution < 1.29 is 24.2 Å². The van der Waals surface area contributed by atoms with Crippen LogP contribution in [0.5, 0.6) is 11.5 Å². The third kappa shape index (κ3) is 6.17. The first-order valence-electron chi connectivity index (χ1n) is 15.1. The number of ether oxygens (including phenoxy) is 1. The monoisotopic (exact) mass is 632 g/mol. The number of fused-ring (bicyclic) bond motifs is 1. The Labute approximate surface area is 266 Å². The summed E-state index contributed by atoms with van der Waals surface area (Å²) in [4.78, 5) is 37.6. The quantitative estimate of drug-likeness (QED) is 0.273. The van der Waals surface area contributed by atoms with Gasteiger partial charge in [0.1, 0.15) is 34.3 Å². The van der Waals surface area contributed by atoms with Crippen molar-refractivity contribution in [1.82, 2.24) is 9.88 Å². The van der Waals surface area contributed by atoms with Crippen molar-refractivity contribution in [2.45, 2.75) is 31.3 Å². The number of carbonyl (C=O) groups is 1. The molecule has 2 atom stereocenters. The molecule has 0 spiro atoms. The molecule has 4 heterocycles. The number of hydrogen-bond donors (Lipinski definition) is 2. The SMILES string of the molecule is CN1CC[C@H](c2c(O)cc(O)c3c(=O)cc(-c4ccccc4Cl)oc23)[C@H](OC(=O)C2CCN(c3cncc(N(C)C)c3)CC2)C1. The number of anilines is 2. The van der Waals surface area contributed by atoms with Crippen LogP contribution in [0.15, 0.2) is 64.1 Å². The Kier molecular flexibility index (Phi) is 8.61. The third-order valence-corrected chi connectivity index (χ3v) is 9.29. The Hall–Kier alpha value is -4.28. The zero-order valence-electron chi connectivity index (χ0n) is 25.6. The standard InChI is InChI=1S/C34H37ClN4O6/c1-37(2)21-14-22(18-36-17-21)39-12-8-20(9-13-39)34(43)45-30-19-38(3)11-10-24(30)31-26(40)15-27(41)32-28(42)16-29(44-33(31)32)23-6-4-5-7-25(23)35/h4-7,14-18,20,24,30,40-41H,8-13,19H2,1-3H3/t24-,30+/m0/s1. The predicted molar refractivity (Wildman–Crippen MR) is 174 cm³/mol. The maximum atomic E-state index is 13.6. The summed E-state index contributed by atoms with van der Waals surface area (Å²) < 4.78 is 12.5. The zero-order valence-corrected chi connectivity index (χ0v) is 26.3. The number of rotatable bonds is 6. The number of hydrogen-bond acceptors (Lipinski definition) is 10. The first-order valence-corrected chi connectivity index (χ1v) is 15.5. The van der Waals surface area contributed by atoms with E-state index in [9.17, 15) is 19.8 Å². The molecule has 0 aliphatic carbocycles. The minimum absolute atomic E-state index is 0.0391. The molecule has 10 nitrogen and oxygen atoms in total. The van der Waals surface area contributed by atoms with E-state index in [1.165, 1.54) is 6.07 Å². The number of benzene rings is 2. The second-order valence-corrected chi connectivity index (χ2v) is 12.6. The van der Waals surface area contributed by atoms with Gasteiger partial charge in [0.05, 0.1) is 34.7 Å². The van der Waals surface area contributed by atoms with Crippen LogP contribution in [0.25, 0.3) is 22.3 Å². The first-order chi connectivity index (χ1) is 21.6. The lowest BCUT2D eigenvalue weighted by molar-refractivity contribution is -0.158. The topological polar surface area (TPSA) is 120 Å². The number of halogens is 1. The number of aromatic hydroxyl groups is 2. The maximum Gasteiger partial charge on any atom is 0.309 e. The Balaban J connectivity index is 1.27. The van der Waals surface area contributed by atoms with Gasteiger partial charge in [-0.2, -0.15) is 0 Å².